The number of nitrogens with zero attached hydrogens (tertiary/aromatic N) is 2. The normalized spacial score (nSPS) is 18.5. The number of sulfonamides is 1. The van der Waals surface area contributed by atoms with Gasteiger partial charge in [-0.3, -0.25) is 14.5 Å². The highest BCUT2D eigenvalue weighted by atomic mass is 32.2. The van der Waals surface area contributed by atoms with Gasteiger partial charge in [-0.05, 0) is 19.1 Å². The number of anilines is 1. The molecule has 1 aliphatic heterocycles. The summed E-state index contributed by atoms with van der Waals surface area (Å²) in [5.74, 6) is -0.177. The van der Waals surface area contributed by atoms with Crippen molar-refractivity contribution in [1.82, 2.24) is 9.71 Å². The minimum absolute atomic E-state index is 0.168. The number of hydrogen-bond acceptors (Lipinski definition) is 6. The molecule has 0 saturated heterocycles. The van der Waals surface area contributed by atoms with Crippen LogP contribution in [-0.4, -0.2) is 31.2 Å². The number of nitrogens with one attached hydrogen (secondary N) is 2. The number of carbonyl (C=O) groups is 1. The molecule has 1 aromatic carbocycles. The summed E-state index contributed by atoms with van der Waals surface area (Å²) in [7, 11) is -3.60. The van der Waals surface area contributed by atoms with Gasteiger partial charge in [-0.2, -0.15) is 0 Å². The van der Waals surface area contributed by atoms with Crippen LogP contribution < -0.4 is 10.0 Å². The monoisotopic (exact) mass is 336 g/mol. The van der Waals surface area contributed by atoms with Crippen molar-refractivity contribution in [3.8, 4) is 0 Å². The number of thiazole rings is 1. The predicted molar refractivity (Wildman–Crippen MR) is 83.5 cm³/mol. The van der Waals surface area contributed by atoms with Crippen LogP contribution in [0.25, 0.3) is 0 Å². The standard InChI is InChI=1S/C13H12N4O3S2/c1-8(12(18)16-13-14-6-7-21-13)15-11-9-4-2-3-5-10(9)22(19,20)17-11/h2-8H,1H3,(H,15,17)(H,14,16,18)/t8-/m1/s1. The van der Waals surface area contributed by atoms with Gasteiger partial charge in [-0.1, -0.05) is 12.1 Å². The second-order valence-corrected chi connectivity index (χ2v) is 7.13. The summed E-state index contributed by atoms with van der Waals surface area (Å²) < 4.78 is 26.3. The molecule has 0 radical (unpaired) electrons. The Bertz CT molecular complexity index is 844. The Kier molecular flexibility index (Phi) is 3.67. The molecule has 1 aliphatic rings. The molecule has 2 aromatic rings. The van der Waals surface area contributed by atoms with Crippen molar-refractivity contribution in [2.75, 3.05) is 5.32 Å². The molecule has 7 nitrogen and oxygen atoms in total. The van der Waals surface area contributed by atoms with Crippen molar-refractivity contribution >= 4 is 38.2 Å². The highest BCUT2D eigenvalue weighted by Gasteiger charge is 2.31. The van der Waals surface area contributed by atoms with Crippen molar-refractivity contribution in [3.05, 3.63) is 41.4 Å². The van der Waals surface area contributed by atoms with Crippen molar-refractivity contribution < 1.29 is 13.2 Å². The van der Waals surface area contributed by atoms with Crippen LogP contribution in [0.2, 0.25) is 0 Å². The van der Waals surface area contributed by atoms with Crippen molar-refractivity contribution in [1.29, 1.82) is 0 Å². The van der Waals surface area contributed by atoms with Gasteiger partial charge in [0.1, 0.15) is 11.9 Å². The zero-order valence-electron chi connectivity index (χ0n) is 11.5. The van der Waals surface area contributed by atoms with Crippen molar-refractivity contribution in [3.63, 3.8) is 0 Å². The van der Waals surface area contributed by atoms with Crippen LogP contribution in [0, 0.1) is 0 Å². The Morgan fingerprint density at radius 2 is 2.18 bits per heavy atom. The van der Waals surface area contributed by atoms with E-state index >= 15 is 0 Å². The first kappa shape index (κ1) is 14.7. The lowest BCUT2D eigenvalue weighted by Crippen LogP contribution is -2.28. The number of benzene rings is 1. The Morgan fingerprint density at radius 1 is 1.41 bits per heavy atom. The molecule has 0 aliphatic carbocycles. The molecule has 1 atom stereocenters. The molecule has 2 heterocycles. The number of aromatic nitrogens is 1. The second-order valence-electron chi connectivity index (χ2n) is 4.58. The fraction of sp³-hybridized carbons (Fsp3) is 0.154. The lowest BCUT2D eigenvalue weighted by atomic mass is 10.2. The maximum Gasteiger partial charge on any atom is 0.263 e. The van der Waals surface area contributed by atoms with E-state index < -0.39 is 16.1 Å². The Balaban J connectivity index is 1.85. The third-order valence-corrected chi connectivity index (χ3v) is 5.11. The average Bonchev–Trinajstić information content (AvgIpc) is 3.07. The largest absolute Gasteiger partial charge is 0.300 e. The van der Waals surface area contributed by atoms with E-state index in [4.69, 9.17) is 0 Å². The topological polar surface area (TPSA) is 101 Å². The minimum Gasteiger partial charge on any atom is -0.300 e. The first-order chi connectivity index (χ1) is 10.5. The zero-order valence-corrected chi connectivity index (χ0v) is 13.1. The second kappa shape index (κ2) is 5.50. The quantitative estimate of drug-likeness (QED) is 0.879. The lowest BCUT2D eigenvalue weighted by Gasteiger charge is -2.07. The molecule has 1 amide bonds. The third kappa shape index (κ3) is 2.72. The lowest BCUT2D eigenvalue weighted by molar-refractivity contribution is -0.117. The maximum atomic E-state index is 12.0. The highest BCUT2D eigenvalue weighted by Crippen LogP contribution is 2.22. The van der Waals surface area contributed by atoms with Gasteiger partial charge in [-0.15, -0.1) is 11.3 Å². The van der Waals surface area contributed by atoms with E-state index in [0.29, 0.717) is 10.7 Å². The van der Waals surface area contributed by atoms with Gasteiger partial charge < -0.3 is 5.32 Å². The van der Waals surface area contributed by atoms with E-state index in [1.807, 2.05) is 0 Å². The fourth-order valence-corrected chi connectivity index (χ4v) is 3.75. The van der Waals surface area contributed by atoms with Crippen LogP contribution >= 0.6 is 11.3 Å². The number of fused-ring (bicyclic) bond motifs is 1. The van der Waals surface area contributed by atoms with Crippen molar-refractivity contribution in [2.45, 2.75) is 17.9 Å². The minimum atomic E-state index is -3.60. The molecule has 0 spiro atoms. The van der Waals surface area contributed by atoms with Gasteiger partial charge in [0.05, 0.1) is 4.90 Å². The molecular weight excluding hydrogens is 324 g/mol. The molecule has 22 heavy (non-hydrogen) atoms. The van der Waals surface area contributed by atoms with Gasteiger partial charge >= 0.3 is 0 Å². The first-order valence-electron chi connectivity index (χ1n) is 6.38. The van der Waals surface area contributed by atoms with Crippen LogP contribution in [0.4, 0.5) is 5.13 Å². The number of amides is 1. The van der Waals surface area contributed by atoms with Crippen molar-refractivity contribution in [2.24, 2.45) is 4.99 Å². The summed E-state index contributed by atoms with van der Waals surface area (Å²) in [4.78, 5) is 20.4. The highest BCUT2D eigenvalue weighted by molar-refractivity contribution is 7.90. The summed E-state index contributed by atoms with van der Waals surface area (Å²) in [5, 5.41) is 4.84. The first-order valence-corrected chi connectivity index (χ1v) is 8.74. The number of amidine groups is 1. The number of rotatable bonds is 3. The fourth-order valence-electron chi connectivity index (χ4n) is 1.98. The van der Waals surface area contributed by atoms with E-state index in [-0.39, 0.29) is 16.6 Å². The summed E-state index contributed by atoms with van der Waals surface area (Å²) in [5.41, 5.74) is 0.469. The van der Waals surface area contributed by atoms with Crippen LogP contribution in [0.3, 0.4) is 0 Å². The van der Waals surface area contributed by atoms with Gasteiger partial charge in [0.2, 0.25) is 0 Å². The van der Waals surface area contributed by atoms with Gasteiger partial charge in [0.25, 0.3) is 15.9 Å². The third-order valence-electron chi connectivity index (χ3n) is 3.03. The molecule has 9 heteroatoms. The Hall–Kier alpha value is -2.26. The molecule has 2 N–H and O–H groups in total. The summed E-state index contributed by atoms with van der Waals surface area (Å²) in [6, 6.07) is 5.75. The van der Waals surface area contributed by atoms with Gasteiger partial charge in [0, 0.05) is 17.1 Å². The summed E-state index contributed by atoms with van der Waals surface area (Å²) >= 11 is 1.30. The summed E-state index contributed by atoms with van der Waals surface area (Å²) in [6.07, 6.45) is 1.58. The molecular formula is C13H12N4O3S2. The van der Waals surface area contributed by atoms with E-state index in [9.17, 15) is 13.2 Å². The molecule has 0 saturated carbocycles. The van der Waals surface area contributed by atoms with Crippen LogP contribution in [0.5, 0.6) is 0 Å². The molecule has 0 bridgehead atoms. The Labute approximate surface area is 131 Å². The maximum absolute atomic E-state index is 12.0. The zero-order chi connectivity index (χ0) is 15.7. The average molecular weight is 336 g/mol. The van der Waals surface area contributed by atoms with E-state index in [1.165, 1.54) is 17.4 Å². The molecule has 1 aromatic heterocycles. The predicted octanol–water partition coefficient (Wildman–Crippen LogP) is 1.21. The van der Waals surface area contributed by atoms with Gasteiger partial charge in [-0.25, -0.2) is 13.4 Å². The van der Waals surface area contributed by atoms with Crippen LogP contribution in [0.1, 0.15) is 12.5 Å². The van der Waals surface area contributed by atoms with E-state index in [0.717, 1.165) is 0 Å². The number of hydrogen-bond donors (Lipinski definition) is 2. The van der Waals surface area contributed by atoms with Crippen LogP contribution in [0.15, 0.2) is 45.7 Å². The van der Waals surface area contributed by atoms with E-state index in [2.05, 4.69) is 20.0 Å². The molecule has 114 valence electrons. The smallest absolute Gasteiger partial charge is 0.263 e. The molecule has 3 rings (SSSR count). The summed E-state index contributed by atoms with van der Waals surface area (Å²) in [6.45, 7) is 1.59. The van der Waals surface area contributed by atoms with Crippen LogP contribution in [-0.2, 0) is 14.8 Å². The number of carbonyl (C=O) groups excluding carboxylic acids is 1. The number of aliphatic imine (C=N–C) groups is 1. The van der Waals surface area contributed by atoms with E-state index in [1.54, 1.807) is 36.7 Å². The SMILES string of the molecule is C[C@@H](N=C1NS(=O)(=O)c2ccccc21)C(=O)Nc1nccs1. The molecule has 0 unspecified atom stereocenters. The Morgan fingerprint density at radius 3 is 2.91 bits per heavy atom. The van der Waals surface area contributed by atoms with Gasteiger partial charge in [0.15, 0.2) is 5.13 Å². The molecule has 0 fully saturated rings.